The molecule has 5 heteroatoms. The molecule has 1 fully saturated rings. The van der Waals surface area contributed by atoms with Gasteiger partial charge in [0.2, 0.25) is 0 Å². The van der Waals surface area contributed by atoms with Crippen LogP contribution in [-0.4, -0.2) is 43.3 Å². The highest BCUT2D eigenvalue weighted by molar-refractivity contribution is 7.80. The van der Waals surface area contributed by atoms with E-state index in [2.05, 4.69) is 22.5 Å². The third-order valence-corrected chi connectivity index (χ3v) is 4.27. The molecule has 1 heterocycles. The maximum atomic E-state index is 5.32. The molecule has 1 aliphatic heterocycles. The fourth-order valence-corrected chi connectivity index (χ4v) is 3.06. The molecule has 0 spiro atoms. The van der Waals surface area contributed by atoms with Crippen LogP contribution in [0.2, 0.25) is 0 Å². The molecule has 1 aromatic rings. The Balaban J connectivity index is 1.61. The molecule has 1 aromatic carbocycles. The highest BCUT2D eigenvalue weighted by atomic mass is 32.1. The van der Waals surface area contributed by atoms with Gasteiger partial charge in [0, 0.05) is 18.8 Å². The van der Waals surface area contributed by atoms with Gasteiger partial charge in [0.05, 0.1) is 7.11 Å². The molecule has 0 aliphatic carbocycles. The summed E-state index contributed by atoms with van der Waals surface area (Å²) < 4.78 is 5.14. The zero-order valence-electron chi connectivity index (χ0n) is 13.6. The molecule has 0 bridgehead atoms. The van der Waals surface area contributed by atoms with E-state index in [4.69, 9.17) is 17.0 Å². The zero-order chi connectivity index (χ0) is 15.8. The predicted octanol–water partition coefficient (Wildman–Crippen LogP) is 3.10. The van der Waals surface area contributed by atoms with Crippen LogP contribution >= 0.6 is 12.2 Å². The van der Waals surface area contributed by atoms with Crippen LogP contribution in [0.1, 0.15) is 26.2 Å². The number of thiocarbonyl (C=S) groups is 1. The minimum Gasteiger partial charge on any atom is -0.497 e. The van der Waals surface area contributed by atoms with E-state index in [0.29, 0.717) is 5.11 Å². The lowest BCUT2D eigenvalue weighted by Crippen LogP contribution is -2.37. The summed E-state index contributed by atoms with van der Waals surface area (Å²) in [5.41, 5.74) is 0.975. The number of piperidine rings is 1. The lowest BCUT2D eigenvalue weighted by atomic mass is 10.0. The van der Waals surface area contributed by atoms with Crippen molar-refractivity contribution in [1.82, 2.24) is 10.2 Å². The van der Waals surface area contributed by atoms with Gasteiger partial charge >= 0.3 is 0 Å². The molecule has 1 atom stereocenters. The number of hydrogen-bond donors (Lipinski definition) is 2. The van der Waals surface area contributed by atoms with Crippen molar-refractivity contribution in [3.63, 3.8) is 0 Å². The van der Waals surface area contributed by atoms with E-state index in [1.807, 2.05) is 24.3 Å². The Morgan fingerprint density at radius 1 is 1.36 bits per heavy atom. The Bertz CT molecular complexity index is 463. The Hall–Kier alpha value is -1.33. The smallest absolute Gasteiger partial charge is 0.170 e. The number of nitrogens with zero attached hydrogens (tertiary/aromatic N) is 1. The van der Waals surface area contributed by atoms with E-state index in [9.17, 15) is 0 Å². The first-order valence-corrected chi connectivity index (χ1v) is 8.49. The SMILES string of the molecule is COc1ccc(NC(=S)NCCCN2CCCC(C)C2)cc1. The van der Waals surface area contributed by atoms with Gasteiger partial charge in [0.25, 0.3) is 0 Å². The molecule has 4 nitrogen and oxygen atoms in total. The van der Waals surface area contributed by atoms with E-state index < -0.39 is 0 Å². The highest BCUT2D eigenvalue weighted by Gasteiger charge is 2.15. The molecule has 1 unspecified atom stereocenters. The van der Waals surface area contributed by atoms with Crippen LogP contribution in [0.25, 0.3) is 0 Å². The highest BCUT2D eigenvalue weighted by Crippen LogP contribution is 2.16. The Labute approximate surface area is 139 Å². The molecule has 0 saturated carbocycles. The van der Waals surface area contributed by atoms with Crippen molar-refractivity contribution in [2.75, 3.05) is 38.6 Å². The third-order valence-electron chi connectivity index (χ3n) is 4.03. The van der Waals surface area contributed by atoms with Crippen LogP contribution in [0, 0.1) is 5.92 Å². The normalized spacial score (nSPS) is 18.7. The molecule has 2 N–H and O–H groups in total. The van der Waals surface area contributed by atoms with Gasteiger partial charge in [0.1, 0.15) is 5.75 Å². The second kappa shape index (κ2) is 8.96. The lowest BCUT2D eigenvalue weighted by Gasteiger charge is -2.30. The van der Waals surface area contributed by atoms with Gasteiger partial charge in [-0.3, -0.25) is 0 Å². The summed E-state index contributed by atoms with van der Waals surface area (Å²) in [5.74, 6) is 1.69. The predicted molar refractivity (Wildman–Crippen MR) is 96.7 cm³/mol. The summed E-state index contributed by atoms with van der Waals surface area (Å²) >= 11 is 5.32. The number of likely N-dealkylation sites (tertiary alicyclic amines) is 1. The molecule has 22 heavy (non-hydrogen) atoms. The molecule has 0 radical (unpaired) electrons. The van der Waals surface area contributed by atoms with Crippen molar-refractivity contribution in [2.24, 2.45) is 5.92 Å². The summed E-state index contributed by atoms with van der Waals surface area (Å²) in [6.45, 7) is 6.90. The minimum atomic E-state index is 0.678. The molecule has 0 amide bonds. The topological polar surface area (TPSA) is 36.5 Å². The first-order valence-electron chi connectivity index (χ1n) is 8.08. The quantitative estimate of drug-likeness (QED) is 0.622. The summed E-state index contributed by atoms with van der Waals surface area (Å²) in [6.07, 6.45) is 3.84. The molecular weight excluding hydrogens is 294 g/mol. The number of ether oxygens (including phenoxy) is 1. The van der Waals surface area contributed by atoms with E-state index in [-0.39, 0.29) is 0 Å². The molecule has 122 valence electrons. The van der Waals surface area contributed by atoms with E-state index >= 15 is 0 Å². The van der Waals surface area contributed by atoms with Crippen LogP contribution in [0.3, 0.4) is 0 Å². The number of hydrogen-bond acceptors (Lipinski definition) is 3. The van der Waals surface area contributed by atoms with Crippen LogP contribution in [-0.2, 0) is 0 Å². The first kappa shape index (κ1) is 17.0. The van der Waals surface area contributed by atoms with Crippen LogP contribution in [0.15, 0.2) is 24.3 Å². The summed E-state index contributed by atoms with van der Waals surface area (Å²) in [7, 11) is 1.66. The van der Waals surface area contributed by atoms with Crippen molar-refractivity contribution >= 4 is 23.0 Å². The van der Waals surface area contributed by atoms with Gasteiger partial charge in [0.15, 0.2) is 5.11 Å². The largest absolute Gasteiger partial charge is 0.497 e. The summed E-state index contributed by atoms with van der Waals surface area (Å²) in [6, 6.07) is 7.76. The van der Waals surface area contributed by atoms with Crippen LogP contribution in [0.4, 0.5) is 5.69 Å². The maximum absolute atomic E-state index is 5.32. The lowest BCUT2D eigenvalue weighted by molar-refractivity contribution is 0.182. The Morgan fingerprint density at radius 2 is 2.14 bits per heavy atom. The molecular formula is C17H27N3OS. The van der Waals surface area contributed by atoms with Crippen molar-refractivity contribution in [3.8, 4) is 5.75 Å². The number of nitrogens with one attached hydrogen (secondary N) is 2. The third kappa shape index (κ3) is 5.81. The average Bonchev–Trinajstić information content (AvgIpc) is 2.52. The van der Waals surface area contributed by atoms with E-state index in [0.717, 1.165) is 36.9 Å². The van der Waals surface area contributed by atoms with Crippen molar-refractivity contribution < 1.29 is 4.74 Å². The van der Waals surface area contributed by atoms with Crippen LogP contribution < -0.4 is 15.4 Å². The first-order chi connectivity index (χ1) is 10.7. The van der Waals surface area contributed by atoms with Gasteiger partial charge in [-0.2, -0.15) is 0 Å². The second-order valence-corrected chi connectivity index (χ2v) is 6.42. The van der Waals surface area contributed by atoms with Gasteiger partial charge in [-0.15, -0.1) is 0 Å². The fraction of sp³-hybridized carbons (Fsp3) is 0.588. The average molecular weight is 321 g/mol. The number of methoxy groups -OCH3 is 1. The van der Waals surface area contributed by atoms with Crippen molar-refractivity contribution in [3.05, 3.63) is 24.3 Å². The number of rotatable bonds is 6. The minimum absolute atomic E-state index is 0.678. The Kier molecular flexibility index (Phi) is 6.93. The standard InChI is InChI=1S/C17H27N3OS/c1-14-5-3-11-20(13-14)12-4-10-18-17(22)19-15-6-8-16(21-2)9-7-15/h6-9,14H,3-5,10-13H2,1-2H3,(H2,18,19,22). The summed E-state index contributed by atoms with van der Waals surface area (Å²) in [4.78, 5) is 2.57. The van der Waals surface area contributed by atoms with Gasteiger partial charge < -0.3 is 20.3 Å². The molecule has 1 aliphatic rings. The Morgan fingerprint density at radius 3 is 2.82 bits per heavy atom. The van der Waals surface area contributed by atoms with E-state index in [1.165, 1.54) is 25.9 Å². The van der Waals surface area contributed by atoms with Crippen molar-refractivity contribution in [1.29, 1.82) is 0 Å². The van der Waals surface area contributed by atoms with Gasteiger partial charge in [-0.25, -0.2) is 0 Å². The number of benzene rings is 1. The summed E-state index contributed by atoms with van der Waals surface area (Å²) in [5, 5.41) is 7.14. The number of anilines is 1. The van der Waals surface area contributed by atoms with Gasteiger partial charge in [-0.1, -0.05) is 6.92 Å². The molecule has 0 aromatic heterocycles. The molecule has 2 rings (SSSR count). The van der Waals surface area contributed by atoms with Crippen molar-refractivity contribution in [2.45, 2.75) is 26.2 Å². The zero-order valence-corrected chi connectivity index (χ0v) is 14.4. The second-order valence-electron chi connectivity index (χ2n) is 6.01. The van der Waals surface area contributed by atoms with Crippen LogP contribution in [0.5, 0.6) is 5.75 Å². The maximum Gasteiger partial charge on any atom is 0.170 e. The fourth-order valence-electron chi connectivity index (χ4n) is 2.84. The monoisotopic (exact) mass is 321 g/mol. The molecule has 1 saturated heterocycles. The van der Waals surface area contributed by atoms with Gasteiger partial charge in [-0.05, 0) is 74.8 Å². The van der Waals surface area contributed by atoms with E-state index in [1.54, 1.807) is 7.11 Å².